The van der Waals surface area contributed by atoms with E-state index in [-0.39, 0.29) is 29.8 Å². The molecule has 0 fully saturated rings. The van der Waals surface area contributed by atoms with Crippen molar-refractivity contribution in [2.45, 2.75) is 19.8 Å². The molecule has 0 unspecified atom stereocenters. The molecule has 0 aliphatic carbocycles. The Morgan fingerprint density at radius 3 is 2.32 bits per heavy atom. The van der Waals surface area contributed by atoms with Crippen molar-refractivity contribution < 1.29 is 29.3 Å². The first-order valence-corrected chi connectivity index (χ1v) is 7.48. The highest BCUT2D eigenvalue weighted by Gasteiger charge is 2.15. The zero-order chi connectivity index (χ0) is 18.4. The van der Waals surface area contributed by atoms with Crippen LogP contribution in [0.2, 0.25) is 0 Å². The molecule has 25 heavy (non-hydrogen) atoms. The van der Waals surface area contributed by atoms with E-state index in [1.165, 1.54) is 18.2 Å². The summed E-state index contributed by atoms with van der Waals surface area (Å²) in [5.74, 6) is -2.32. The fraction of sp³-hybridized carbons (Fsp3) is 0.167. The van der Waals surface area contributed by atoms with Crippen LogP contribution in [0.1, 0.15) is 28.8 Å². The topological polar surface area (TPSA) is 113 Å². The summed E-state index contributed by atoms with van der Waals surface area (Å²) in [4.78, 5) is 34.1. The Balaban J connectivity index is 2.03. The van der Waals surface area contributed by atoms with E-state index in [0.717, 1.165) is 5.56 Å². The monoisotopic (exact) mass is 343 g/mol. The second-order valence-corrected chi connectivity index (χ2v) is 5.38. The van der Waals surface area contributed by atoms with E-state index in [1.54, 1.807) is 24.3 Å². The van der Waals surface area contributed by atoms with Gasteiger partial charge in [0.1, 0.15) is 17.1 Å². The first-order valence-electron chi connectivity index (χ1n) is 7.48. The molecular formula is C18H17NO6. The van der Waals surface area contributed by atoms with Crippen molar-refractivity contribution >= 4 is 23.5 Å². The summed E-state index contributed by atoms with van der Waals surface area (Å²) in [6.45, 7) is 1.90. The van der Waals surface area contributed by atoms with Gasteiger partial charge in [0.25, 0.3) is 0 Å². The van der Waals surface area contributed by atoms with Gasteiger partial charge in [-0.1, -0.05) is 17.7 Å². The summed E-state index contributed by atoms with van der Waals surface area (Å²) >= 11 is 0. The number of aliphatic carboxylic acids is 1. The molecule has 2 rings (SSSR count). The van der Waals surface area contributed by atoms with Crippen LogP contribution < -0.4 is 10.1 Å². The fourth-order valence-electron chi connectivity index (χ4n) is 1.99. The summed E-state index contributed by atoms with van der Waals surface area (Å²) in [5.41, 5.74) is 1.22. The minimum atomic E-state index is -1.08. The van der Waals surface area contributed by atoms with Crippen LogP contribution in [0.4, 0.5) is 5.69 Å². The number of esters is 1. The highest BCUT2D eigenvalue weighted by Crippen LogP contribution is 2.24. The number of aryl methyl sites for hydroxylation is 1. The fourth-order valence-corrected chi connectivity index (χ4v) is 1.99. The van der Waals surface area contributed by atoms with Crippen molar-refractivity contribution in [1.82, 2.24) is 0 Å². The number of anilines is 1. The van der Waals surface area contributed by atoms with Gasteiger partial charge in [-0.3, -0.25) is 9.59 Å². The van der Waals surface area contributed by atoms with E-state index >= 15 is 0 Å². The van der Waals surface area contributed by atoms with Gasteiger partial charge in [-0.2, -0.15) is 0 Å². The van der Waals surface area contributed by atoms with Gasteiger partial charge >= 0.3 is 11.9 Å². The molecule has 2 aromatic rings. The molecule has 7 nitrogen and oxygen atoms in total. The van der Waals surface area contributed by atoms with Crippen LogP contribution >= 0.6 is 0 Å². The normalized spacial score (nSPS) is 10.1. The van der Waals surface area contributed by atoms with Gasteiger partial charge in [0, 0.05) is 18.2 Å². The van der Waals surface area contributed by atoms with Gasteiger partial charge in [-0.05, 0) is 31.2 Å². The molecule has 0 atom stereocenters. The summed E-state index contributed by atoms with van der Waals surface area (Å²) < 4.78 is 5.17. The van der Waals surface area contributed by atoms with E-state index in [0.29, 0.717) is 5.75 Å². The molecule has 0 aromatic heterocycles. The predicted molar refractivity (Wildman–Crippen MR) is 89.7 cm³/mol. The largest absolute Gasteiger partial charge is 0.507 e. The molecule has 0 saturated carbocycles. The Morgan fingerprint density at radius 2 is 1.72 bits per heavy atom. The molecule has 0 saturated heterocycles. The molecule has 0 radical (unpaired) electrons. The minimum absolute atomic E-state index is 0.0518. The van der Waals surface area contributed by atoms with Gasteiger partial charge in [0.05, 0.1) is 6.42 Å². The van der Waals surface area contributed by atoms with Crippen LogP contribution in [0.25, 0.3) is 0 Å². The maximum absolute atomic E-state index is 12.1. The molecule has 0 heterocycles. The summed E-state index contributed by atoms with van der Waals surface area (Å²) in [7, 11) is 0. The van der Waals surface area contributed by atoms with Crippen molar-refractivity contribution in [3.63, 3.8) is 0 Å². The Bertz CT molecular complexity index is 798. The third-order valence-corrected chi connectivity index (χ3v) is 3.30. The van der Waals surface area contributed by atoms with Crippen molar-refractivity contribution in [2.24, 2.45) is 0 Å². The lowest BCUT2D eigenvalue weighted by Gasteiger charge is -2.09. The number of phenols is 1. The number of phenolic OH excluding ortho intramolecular Hbond substituents is 1. The Hall–Kier alpha value is -3.35. The van der Waals surface area contributed by atoms with Gasteiger partial charge in [0.2, 0.25) is 5.91 Å². The zero-order valence-corrected chi connectivity index (χ0v) is 13.5. The standard InChI is InChI=1S/C18H17NO6/c1-11-2-5-13(6-3-11)25-18(24)14-7-4-12(10-15(14)20)19-16(21)8-9-17(22)23/h2-7,10,20H,8-9H2,1H3,(H,19,21)(H,22,23). The number of carboxylic acids is 1. The molecule has 130 valence electrons. The number of aromatic hydroxyl groups is 1. The predicted octanol–water partition coefficient (Wildman–Crippen LogP) is 2.72. The number of rotatable bonds is 6. The quantitative estimate of drug-likeness (QED) is 0.549. The van der Waals surface area contributed by atoms with E-state index in [2.05, 4.69) is 5.32 Å². The molecule has 0 spiro atoms. The maximum atomic E-state index is 12.1. The van der Waals surface area contributed by atoms with E-state index in [1.807, 2.05) is 6.92 Å². The van der Waals surface area contributed by atoms with Crippen LogP contribution in [0, 0.1) is 6.92 Å². The van der Waals surface area contributed by atoms with Crippen molar-refractivity contribution in [3.8, 4) is 11.5 Å². The number of carbonyl (C=O) groups excluding carboxylic acids is 2. The van der Waals surface area contributed by atoms with Crippen LogP contribution in [0.15, 0.2) is 42.5 Å². The van der Waals surface area contributed by atoms with Crippen LogP contribution in [0.5, 0.6) is 11.5 Å². The third kappa shape index (κ3) is 5.35. The SMILES string of the molecule is Cc1ccc(OC(=O)c2ccc(NC(=O)CCC(=O)O)cc2O)cc1. The van der Waals surface area contributed by atoms with Gasteiger partial charge in [0.15, 0.2) is 0 Å². The second kappa shape index (κ2) is 7.96. The smallest absolute Gasteiger partial charge is 0.347 e. The number of benzene rings is 2. The lowest BCUT2D eigenvalue weighted by Crippen LogP contribution is -2.14. The first-order chi connectivity index (χ1) is 11.8. The average molecular weight is 343 g/mol. The lowest BCUT2D eigenvalue weighted by atomic mass is 10.1. The van der Waals surface area contributed by atoms with Crippen LogP contribution in [-0.4, -0.2) is 28.1 Å². The average Bonchev–Trinajstić information content (AvgIpc) is 2.55. The molecule has 1 amide bonds. The number of nitrogens with one attached hydrogen (secondary N) is 1. The third-order valence-electron chi connectivity index (χ3n) is 3.30. The number of carboxylic acid groups (broad SMARTS) is 1. The van der Waals surface area contributed by atoms with Crippen molar-refractivity contribution in [2.75, 3.05) is 5.32 Å². The molecule has 2 aromatic carbocycles. The van der Waals surface area contributed by atoms with E-state index in [4.69, 9.17) is 9.84 Å². The number of ether oxygens (including phenoxy) is 1. The molecule has 7 heteroatoms. The zero-order valence-electron chi connectivity index (χ0n) is 13.5. The highest BCUT2D eigenvalue weighted by molar-refractivity contribution is 5.96. The minimum Gasteiger partial charge on any atom is -0.507 e. The van der Waals surface area contributed by atoms with Crippen molar-refractivity contribution in [3.05, 3.63) is 53.6 Å². The van der Waals surface area contributed by atoms with Gasteiger partial charge in [-0.15, -0.1) is 0 Å². The first kappa shape index (κ1) is 18.0. The van der Waals surface area contributed by atoms with Gasteiger partial charge < -0.3 is 20.3 Å². The number of hydrogen-bond acceptors (Lipinski definition) is 5. The van der Waals surface area contributed by atoms with Crippen LogP contribution in [-0.2, 0) is 9.59 Å². The van der Waals surface area contributed by atoms with Crippen LogP contribution in [0.3, 0.4) is 0 Å². The van der Waals surface area contributed by atoms with E-state index < -0.39 is 17.8 Å². The second-order valence-electron chi connectivity index (χ2n) is 5.38. The number of amides is 1. The molecule has 0 aliphatic heterocycles. The van der Waals surface area contributed by atoms with Crippen molar-refractivity contribution in [1.29, 1.82) is 0 Å². The Labute approximate surface area is 143 Å². The molecule has 3 N–H and O–H groups in total. The Kier molecular flexibility index (Phi) is 5.73. The summed E-state index contributed by atoms with van der Waals surface area (Å²) in [6.07, 6.45) is -0.480. The Morgan fingerprint density at radius 1 is 1.04 bits per heavy atom. The maximum Gasteiger partial charge on any atom is 0.347 e. The number of hydrogen-bond donors (Lipinski definition) is 3. The van der Waals surface area contributed by atoms with Gasteiger partial charge in [-0.25, -0.2) is 4.79 Å². The summed E-state index contributed by atoms with van der Waals surface area (Å²) in [6, 6.07) is 10.8. The molecule has 0 bridgehead atoms. The summed E-state index contributed by atoms with van der Waals surface area (Å²) in [5, 5.41) is 20.9. The molecular weight excluding hydrogens is 326 g/mol. The van der Waals surface area contributed by atoms with E-state index in [9.17, 15) is 19.5 Å². The lowest BCUT2D eigenvalue weighted by molar-refractivity contribution is -0.138. The number of carbonyl (C=O) groups is 3. The molecule has 0 aliphatic rings. The highest BCUT2D eigenvalue weighted by atomic mass is 16.5.